The van der Waals surface area contributed by atoms with Gasteiger partial charge in [-0.15, -0.1) is 0 Å². The molecule has 0 saturated carbocycles. The van der Waals surface area contributed by atoms with Gasteiger partial charge in [0.2, 0.25) is 0 Å². The Morgan fingerprint density at radius 2 is 1.88 bits per heavy atom. The van der Waals surface area contributed by atoms with Crippen molar-refractivity contribution in [3.8, 4) is 0 Å². The van der Waals surface area contributed by atoms with Crippen molar-refractivity contribution in [2.75, 3.05) is 19.0 Å². The molecule has 0 aromatic heterocycles. The minimum Gasteiger partial charge on any atom is -0.452 e. The lowest BCUT2D eigenvalue weighted by Gasteiger charge is -2.06. The molecule has 0 aliphatic rings. The van der Waals surface area contributed by atoms with Crippen LogP contribution in [-0.4, -0.2) is 33.5 Å². The van der Waals surface area contributed by atoms with Gasteiger partial charge in [-0.1, -0.05) is 28.8 Å². The lowest BCUT2D eigenvalue weighted by Crippen LogP contribution is -2.40. The highest BCUT2D eigenvalue weighted by Gasteiger charge is 2.12. The van der Waals surface area contributed by atoms with Crippen LogP contribution in [0.5, 0.6) is 0 Å². The van der Waals surface area contributed by atoms with Gasteiger partial charge < -0.3 is 4.74 Å². The lowest BCUT2D eigenvalue weighted by molar-refractivity contribution is 0.177. The third kappa shape index (κ3) is 8.93. The van der Waals surface area contributed by atoms with E-state index in [0.29, 0.717) is 6.54 Å². The van der Waals surface area contributed by atoms with Crippen molar-refractivity contribution in [2.24, 2.45) is 0 Å². The van der Waals surface area contributed by atoms with Crippen LogP contribution >= 0.6 is 15.9 Å². The molecule has 96 valence electrons. The number of alkyl halides is 1. The number of amides is 1. The van der Waals surface area contributed by atoms with E-state index >= 15 is 0 Å². The highest BCUT2D eigenvalue weighted by Crippen LogP contribution is 2.01. The zero-order valence-corrected chi connectivity index (χ0v) is 11.6. The van der Waals surface area contributed by atoms with Gasteiger partial charge >= 0.3 is 16.3 Å². The fourth-order valence-electron chi connectivity index (χ4n) is 0.967. The van der Waals surface area contributed by atoms with E-state index < -0.39 is 16.3 Å². The van der Waals surface area contributed by atoms with Crippen LogP contribution in [0.2, 0.25) is 0 Å². The van der Waals surface area contributed by atoms with Crippen molar-refractivity contribution in [3.05, 3.63) is 0 Å². The highest BCUT2D eigenvalue weighted by molar-refractivity contribution is 9.09. The summed E-state index contributed by atoms with van der Waals surface area (Å²) in [5, 5.41) is 0.961. The van der Waals surface area contributed by atoms with Gasteiger partial charge in [0.05, 0.1) is 7.11 Å². The molecule has 2 N–H and O–H groups in total. The second-order valence-electron chi connectivity index (χ2n) is 3.09. The van der Waals surface area contributed by atoms with Crippen molar-refractivity contribution >= 4 is 32.2 Å². The Bertz CT molecular complexity index is 294. The maximum atomic E-state index is 11.2. The minimum atomic E-state index is -3.77. The molecule has 0 heterocycles. The van der Waals surface area contributed by atoms with Crippen LogP contribution < -0.4 is 9.44 Å². The van der Waals surface area contributed by atoms with Crippen molar-refractivity contribution < 1.29 is 17.9 Å². The summed E-state index contributed by atoms with van der Waals surface area (Å²) in [6.07, 6.45) is 2.83. The number of rotatable bonds is 8. The summed E-state index contributed by atoms with van der Waals surface area (Å²) in [7, 11) is -2.67. The first kappa shape index (κ1) is 15.7. The first-order chi connectivity index (χ1) is 7.52. The Balaban J connectivity index is 3.63. The third-order valence-electron chi connectivity index (χ3n) is 1.76. The Morgan fingerprint density at radius 3 is 2.44 bits per heavy atom. The number of carbonyl (C=O) groups excluding carboxylic acids is 1. The Kier molecular flexibility index (Phi) is 8.58. The summed E-state index contributed by atoms with van der Waals surface area (Å²) in [6, 6.07) is 0. The van der Waals surface area contributed by atoms with Gasteiger partial charge in [0.25, 0.3) is 0 Å². The van der Waals surface area contributed by atoms with Gasteiger partial charge in [0, 0.05) is 11.9 Å². The molecule has 0 aromatic carbocycles. The van der Waals surface area contributed by atoms with E-state index in [1.54, 1.807) is 4.72 Å². The van der Waals surface area contributed by atoms with E-state index in [9.17, 15) is 13.2 Å². The van der Waals surface area contributed by atoms with Gasteiger partial charge in [0.1, 0.15) is 0 Å². The fourth-order valence-corrected chi connectivity index (χ4v) is 2.15. The smallest absolute Gasteiger partial charge is 0.421 e. The van der Waals surface area contributed by atoms with Gasteiger partial charge in [-0.3, -0.25) is 0 Å². The van der Waals surface area contributed by atoms with Crippen molar-refractivity contribution in [1.29, 1.82) is 0 Å². The summed E-state index contributed by atoms with van der Waals surface area (Å²) in [4.78, 5) is 10.6. The molecule has 0 aliphatic carbocycles. The number of hydrogen-bond donors (Lipinski definition) is 2. The minimum absolute atomic E-state index is 0.314. The third-order valence-corrected chi connectivity index (χ3v) is 3.34. The number of halogens is 1. The molecule has 0 rings (SSSR count). The molecule has 0 fully saturated rings. The molecule has 0 bridgehead atoms. The standard InChI is InChI=1S/C8H17BrN2O4S/c1-15-8(12)11-16(13,14)10-7-5-3-2-4-6-9/h10H,2-7H2,1H3,(H,11,12). The predicted octanol–water partition coefficient (Wildman–Crippen LogP) is 1.13. The molecule has 0 radical (unpaired) electrons. The number of methoxy groups -OCH3 is 1. The molecule has 0 aliphatic heterocycles. The molecule has 0 atom stereocenters. The summed E-state index contributed by atoms with van der Waals surface area (Å²) in [5.41, 5.74) is 0. The molecule has 8 heteroatoms. The largest absolute Gasteiger partial charge is 0.452 e. The molecular weight excluding hydrogens is 300 g/mol. The van der Waals surface area contributed by atoms with Crippen LogP contribution in [0.3, 0.4) is 0 Å². The maximum Gasteiger partial charge on any atom is 0.421 e. The van der Waals surface area contributed by atoms with E-state index in [0.717, 1.165) is 38.1 Å². The van der Waals surface area contributed by atoms with Crippen molar-refractivity contribution in [3.63, 3.8) is 0 Å². The number of hydrogen-bond acceptors (Lipinski definition) is 4. The van der Waals surface area contributed by atoms with Crippen LogP contribution in [-0.2, 0) is 14.9 Å². The monoisotopic (exact) mass is 316 g/mol. The number of nitrogens with one attached hydrogen (secondary N) is 2. The van der Waals surface area contributed by atoms with Crippen LogP contribution in [0.25, 0.3) is 0 Å². The van der Waals surface area contributed by atoms with Crippen molar-refractivity contribution in [1.82, 2.24) is 9.44 Å². The first-order valence-electron chi connectivity index (χ1n) is 4.93. The van der Waals surface area contributed by atoms with Crippen LogP contribution in [0.15, 0.2) is 0 Å². The van der Waals surface area contributed by atoms with Gasteiger partial charge in [-0.2, -0.15) is 13.1 Å². The van der Waals surface area contributed by atoms with Crippen molar-refractivity contribution in [2.45, 2.75) is 25.7 Å². The molecular formula is C8H17BrN2O4S. The van der Waals surface area contributed by atoms with Crippen LogP contribution in [0, 0.1) is 0 Å². The molecule has 0 unspecified atom stereocenters. The fraction of sp³-hybridized carbons (Fsp3) is 0.875. The Morgan fingerprint density at radius 1 is 1.25 bits per heavy atom. The zero-order chi connectivity index (χ0) is 12.4. The van der Waals surface area contributed by atoms with E-state index in [4.69, 9.17) is 0 Å². The first-order valence-corrected chi connectivity index (χ1v) is 7.53. The average Bonchev–Trinajstić information content (AvgIpc) is 2.22. The number of ether oxygens (including phenoxy) is 1. The maximum absolute atomic E-state index is 11.2. The molecule has 16 heavy (non-hydrogen) atoms. The van der Waals surface area contributed by atoms with Gasteiger partial charge in [-0.25, -0.2) is 9.52 Å². The summed E-state index contributed by atoms with van der Waals surface area (Å²) in [6.45, 7) is 0.314. The van der Waals surface area contributed by atoms with Crippen LogP contribution in [0.4, 0.5) is 4.79 Å². The molecule has 6 nitrogen and oxygen atoms in total. The van der Waals surface area contributed by atoms with Gasteiger partial charge in [0.15, 0.2) is 0 Å². The van der Waals surface area contributed by atoms with E-state index in [2.05, 4.69) is 25.4 Å². The van der Waals surface area contributed by atoms with E-state index in [1.165, 1.54) is 0 Å². The second-order valence-corrected chi connectivity index (χ2v) is 5.39. The molecule has 1 amide bonds. The Labute approximate surface area is 104 Å². The molecule has 0 saturated heterocycles. The number of carbonyl (C=O) groups is 1. The normalized spacial score (nSPS) is 11.1. The molecule has 0 aromatic rings. The zero-order valence-electron chi connectivity index (χ0n) is 9.16. The van der Waals surface area contributed by atoms with E-state index in [1.807, 2.05) is 0 Å². The summed E-state index contributed by atoms with van der Waals surface area (Å²) < 4.78 is 30.4. The second kappa shape index (κ2) is 8.77. The van der Waals surface area contributed by atoms with E-state index in [-0.39, 0.29) is 0 Å². The summed E-state index contributed by atoms with van der Waals surface area (Å²) in [5.74, 6) is 0. The number of unbranched alkanes of at least 4 members (excludes halogenated alkanes) is 3. The molecule has 0 spiro atoms. The van der Waals surface area contributed by atoms with Crippen LogP contribution in [0.1, 0.15) is 25.7 Å². The topological polar surface area (TPSA) is 84.5 Å². The van der Waals surface area contributed by atoms with Gasteiger partial charge in [-0.05, 0) is 12.8 Å². The Hall–Kier alpha value is -0.340. The predicted molar refractivity (Wildman–Crippen MR) is 64.7 cm³/mol. The summed E-state index contributed by atoms with van der Waals surface area (Å²) >= 11 is 3.31. The average molecular weight is 317 g/mol. The quantitative estimate of drug-likeness (QED) is 0.519. The lowest BCUT2D eigenvalue weighted by atomic mass is 10.2. The highest BCUT2D eigenvalue weighted by atomic mass is 79.9. The SMILES string of the molecule is COC(=O)NS(=O)(=O)NCCCCCCBr.